The summed E-state index contributed by atoms with van der Waals surface area (Å²) in [4.78, 5) is 20.0. The quantitative estimate of drug-likeness (QED) is 0.859. The Kier molecular flexibility index (Phi) is 3.94. The SMILES string of the molecule is CN(c1nc[nH]c(=O)c1Br)C(C)(C)CBr. The van der Waals surface area contributed by atoms with Crippen LogP contribution in [0.25, 0.3) is 0 Å². The molecule has 6 heteroatoms. The molecule has 84 valence electrons. The number of rotatable bonds is 3. The highest BCUT2D eigenvalue weighted by Gasteiger charge is 2.25. The molecule has 0 bridgehead atoms. The molecule has 4 nitrogen and oxygen atoms in total. The molecule has 0 saturated heterocycles. The molecule has 1 aromatic heterocycles. The summed E-state index contributed by atoms with van der Waals surface area (Å²) in [5.74, 6) is 0.642. The number of nitrogens with zero attached hydrogens (tertiary/aromatic N) is 2. The molecule has 0 atom stereocenters. The second-order valence-corrected chi connectivity index (χ2v) is 5.23. The van der Waals surface area contributed by atoms with Crippen LogP contribution in [0.2, 0.25) is 0 Å². The van der Waals surface area contributed by atoms with Crippen molar-refractivity contribution < 1.29 is 0 Å². The average Bonchev–Trinajstić information content (AvgIpc) is 2.21. The smallest absolute Gasteiger partial charge is 0.267 e. The third-order valence-corrected chi connectivity index (χ3v) is 4.42. The zero-order valence-electron chi connectivity index (χ0n) is 8.84. The van der Waals surface area contributed by atoms with Gasteiger partial charge in [0.15, 0.2) is 5.82 Å². The van der Waals surface area contributed by atoms with Crippen LogP contribution in [0, 0.1) is 0 Å². The van der Waals surface area contributed by atoms with Gasteiger partial charge in [0.2, 0.25) is 0 Å². The molecule has 1 N–H and O–H groups in total. The Labute approximate surface area is 105 Å². The minimum atomic E-state index is -0.169. The monoisotopic (exact) mass is 337 g/mol. The highest BCUT2D eigenvalue weighted by molar-refractivity contribution is 9.10. The van der Waals surface area contributed by atoms with E-state index in [9.17, 15) is 4.79 Å². The van der Waals surface area contributed by atoms with Gasteiger partial charge in [0, 0.05) is 17.9 Å². The molecule has 0 aromatic carbocycles. The lowest BCUT2D eigenvalue weighted by Crippen LogP contribution is -2.44. The first kappa shape index (κ1) is 12.7. The van der Waals surface area contributed by atoms with Crippen molar-refractivity contribution in [2.45, 2.75) is 19.4 Å². The van der Waals surface area contributed by atoms with E-state index in [1.54, 1.807) is 0 Å². The fraction of sp³-hybridized carbons (Fsp3) is 0.556. The van der Waals surface area contributed by atoms with Gasteiger partial charge in [-0.25, -0.2) is 4.98 Å². The van der Waals surface area contributed by atoms with Gasteiger partial charge in [-0.15, -0.1) is 0 Å². The van der Waals surface area contributed by atoms with E-state index in [0.717, 1.165) is 5.33 Å². The van der Waals surface area contributed by atoms with Crippen molar-refractivity contribution in [2.75, 3.05) is 17.3 Å². The van der Waals surface area contributed by atoms with Crippen molar-refractivity contribution in [3.05, 3.63) is 21.2 Å². The highest BCUT2D eigenvalue weighted by atomic mass is 79.9. The molecule has 0 aliphatic carbocycles. The maximum absolute atomic E-state index is 11.4. The maximum Gasteiger partial charge on any atom is 0.267 e. The Bertz CT molecular complexity index is 403. The predicted molar refractivity (Wildman–Crippen MR) is 68.8 cm³/mol. The number of halogens is 2. The van der Waals surface area contributed by atoms with E-state index in [2.05, 4.69) is 55.7 Å². The first-order valence-electron chi connectivity index (χ1n) is 4.43. The summed E-state index contributed by atoms with van der Waals surface area (Å²) in [6.07, 6.45) is 1.41. The van der Waals surface area contributed by atoms with Crippen LogP contribution in [-0.4, -0.2) is 27.9 Å². The van der Waals surface area contributed by atoms with Gasteiger partial charge in [0.25, 0.3) is 5.56 Å². The molecule has 1 aromatic rings. The summed E-state index contributed by atoms with van der Waals surface area (Å²) >= 11 is 6.68. The van der Waals surface area contributed by atoms with E-state index in [1.165, 1.54) is 6.33 Å². The first-order valence-corrected chi connectivity index (χ1v) is 6.34. The largest absolute Gasteiger partial charge is 0.353 e. The van der Waals surface area contributed by atoms with Crippen LogP contribution in [0.5, 0.6) is 0 Å². The Morgan fingerprint density at radius 3 is 2.73 bits per heavy atom. The molecule has 0 aliphatic rings. The van der Waals surface area contributed by atoms with Gasteiger partial charge in [0.05, 0.1) is 6.33 Å². The lowest BCUT2D eigenvalue weighted by Gasteiger charge is -2.35. The van der Waals surface area contributed by atoms with Crippen molar-refractivity contribution >= 4 is 37.7 Å². The fourth-order valence-electron chi connectivity index (χ4n) is 0.984. The van der Waals surface area contributed by atoms with Crippen LogP contribution in [0.3, 0.4) is 0 Å². The molecule has 0 saturated carbocycles. The second kappa shape index (κ2) is 4.65. The Balaban J connectivity index is 3.17. The number of aromatic nitrogens is 2. The highest BCUT2D eigenvalue weighted by Crippen LogP contribution is 2.25. The molecule has 0 aliphatic heterocycles. The molecule has 0 spiro atoms. The number of hydrogen-bond donors (Lipinski definition) is 1. The molecule has 0 radical (unpaired) electrons. The summed E-state index contributed by atoms with van der Waals surface area (Å²) in [5.41, 5.74) is -0.277. The number of aromatic amines is 1. The molecule has 15 heavy (non-hydrogen) atoms. The third-order valence-electron chi connectivity index (χ3n) is 2.33. The normalized spacial score (nSPS) is 11.5. The van der Waals surface area contributed by atoms with E-state index in [4.69, 9.17) is 0 Å². The van der Waals surface area contributed by atoms with Crippen molar-refractivity contribution in [1.29, 1.82) is 0 Å². The van der Waals surface area contributed by atoms with Crippen molar-refractivity contribution in [1.82, 2.24) is 9.97 Å². The van der Waals surface area contributed by atoms with Crippen LogP contribution in [0.1, 0.15) is 13.8 Å². The van der Waals surface area contributed by atoms with Gasteiger partial charge < -0.3 is 9.88 Å². The standard InChI is InChI=1S/C9H13Br2N3O/c1-9(2,4-10)14(3)7-6(11)8(15)13-5-12-7/h5H,4H2,1-3H3,(H,12,13,15). The molecular weight excluding hydrogens is 326 g/mol. The van der Waals surface area contributed by atoms with E-state index < -0.39 is 0 Å². The van der Waals surface area contributed by atoms with Crippen LogP contribution in [0.4, 0.5) is 5.82 Å². The number of alkyl halides is 1. The number of anilines is 1. The summed E-state index contributed by atoms with van der Waals surface area (Å²) in [5, 5.41) is 0.789. The Morgan fingerprint density at radius 1 is 1.60 bits per heavy atom. The summed E-state index contributed by atoms with van der Waals surface area (Å²) < 4.78 is 0.460. The summed E-state index contributed by atoms with van der Waals surface area (Å²) in [6.45, 7) is 4.13. The van der Waals surface area contributed by atoms with Gasteiger partial charge in [-0.3, -0.25) is 4.79 Å². The summed E-state index contributed by atoms with van der Waals surface area (Å²) in [6, 6.07) is 0. The number of H-pyrrole nitrogens is 1. The lowest BCUT2D eigenvalue weighted by molar-refractivity contribution is 0.545. The molecule has 0 amide bonds. The zero-order valence-corrected chi connectivity index (χ0v) is 12.0. The van der Waals surface area contributed by atoms with Gasteiger partial charge in [-0.1, -0.05) is 15.9 Å². The van der Waals surface area contributed by atoms with E-state index in [0.29, 0.717) is 10.3 Å². The minimum Gasteiger partial charge on any atom is -0.353 e. The lowest BCUT2D eigenvalue weighted by atomic mass is 10.1. The minimum absolute atomic E-state index is 0.108. The molecule has 0 fully saturated rings. The molecule has 0 unspecified atom stereocenters. The predicted octanol–water partition coefficient (Wildman–Crippen LogP) is 2.14. The first-order chi connectivity index (χ1) is 6.90. The third kappa shape index (κ3) is 2.60. The van der Waals surface area contributed by atoms with E-state index >= 15 is 0 Å². The van der Waals surface area contributed by atoms with Crippen molar-refractivity contribution in [3.63, 3.8) is 0 Å². The van der Waals surface area contributed by atoms with Crippen LogP contribution >= 0.6 is 31.9 Å². The molecular formula is C9H13Br2N3O. The number of hydrogen-bond acceptors (Lipinski definition) is 3. The Hall–Kier alpha value is -0.360. The van der Waals surface area contributed by atoms with Gasteiger partial charge in [0.1, 0.15) is 4.47 Å². The average molecular weight is 339 g/mol. The molecule has 1 rings (SSSR count). The van der Waals surface area contributed by atoms with Crippen molar-refractivity contribution in [2.24, 2.45) is 0 Å². The van der Waals surface area contributed by atoms with Gasteiger partial charge in [-0.05, 0) is 29.8 Å². The maximum atomic E-state index is 11.4. The van der Waals surface area contributed by atoms with Gasteiger partial charge in [-0.2, -0.15) is 0 Å². The van der Waals surface area contributed by atoms with E-state index in [1.807, 2.05) is 11.9 Å². The van der Waals surface area contributed by atoms with Crippen LogP contribution in [0.15, 0.2) is 15.6 Å². The summed E-state index contributed by atoms with van der Waals surface area (Å²) in [7, 11) is 1.91. The zero-order chi connectivity index (χ0) is 11.6. The fourth-order valence-corrected chi connectivity index (χ4v) is 1.84. The van der Waals surface area contributed by atoms with Crippen LogP contribution in [-0.2, 0) is 0 Å². The van der Waals surface area contributed by atoms with Gasteiger partial charge >= 0.3 is 0 Å². The number of nitrogens with one attached hydrogen (secondary N) is 1. The van der Waals surface area contributed by atoms with Crippen LogP contribution < -0.4 is 10.5 Å². The second-order valence-electron chi connectivity index (χ2n) is 3.87. The molecule has 1 heterocycles. The van der Waals surface area contributed by atoms with E-state index in [-0.39, 0.29) is 11.1 Å². The Morgan fingerprint density at radius 2 is 2.20 bits per heavy atom. The topological polar surface area (TPSA) is 49.0 Å². The van der Waals surface area contributed by atoms with Crippen molar-refractivity contribution in [3.8, 4) is 0 Å².